The quantitative estimate of drug-likeness (QED) is 0.0599. The third-order valence-electron chi connectivity index (χ3n) is 9.35. The molecule has 0 unspecified atom stereocenters. The van der Waals surface area contributed by atoms with Crippen molar-refractivity contribution in [1.29, 1.82) is 0 Å². The second-order valence-electron chi connectivity index (χ2n) is 13.9. The molecule has 0 aliphatic carbocycles. The Hall–Kier alpha value is -1.15. The van der Waals surface area contributed by atoms with Crippen molar-refractivity contribution in [3.63, 3.8) is 0 Å². The van der Waals surface area contributed by atoms with Crippen molar-refractivity contribution in [3.05, 3.63) is 35.9 Å². The Balaban J connectivity index is 0.00000208. The molecule has 264 valence electrons. The summed E-state index contributed by atoms with van der Waals surface area (Å²) in [5, 5.41) is 3.68. The number of carbonyl (C=O) groups excluding carboxylic acids is 1. The van der Waals surface area contributed by atoms with E-state index >= 15 is 0 Å². The van der Waals surface area contributed by atoms with E-state index in [1.165, 1.54) is 219 Å². The molecule has 0 amide bonds. The second-order valence-corrected chi connectivity index (χ2v) is 13.9. The third-order valence-corrected chi connectivity index (χ3v) is 9.35. The van der Waals surface area contributed by atoms with Crippen molar-refractivity contribution >= 4 is 6.29 Å². The van der Waals surface area contributed by atoms with Gasteiger partial charge in [-0.3, -0.25) is 4.79 Å². The normalized spacial score (nSPS) is 11.0. The molecule has 0 saturated carbocycles. The monoisotopic (exact) mass is 628 g/mol. The second kappa shape index (κ2) is 40.9. The Morgan fingerprint density at radius 3 is 0.844 bits per heavy atom. The molecule has 0 atom stereocenters. The van der Waals surface area contributed by atoms with Crippen molar-refractivity contribution in [2.24, 2.45) is 0 Å². The predicted molar refractivity (Wildman–Crippen MR) is 204 cm³/mol. The summed E-state index contributed by atoms with van der Waals surface area (Å²) in [5.41, 5.74) is 0.729. The number of rotatable bonds is 35. The van der Waals surface area contributed by atoms with Gasteiger partial charge >= 0.3 is 0 Å². The number of carbonyl (C=O) groups is 1. The lowest BCUT2D eigenvalue weighted by Gasteiger charge is -2.06. The third kappa shape index (κ3) is 38.9. The molecule has 1 N–H and O–H groups in total. The highest BCUT2D eigenvalue weighted by atomic mass is 16.1. The van der Waals surface area contributed by atoms with Crippen LogP contribution in [0.1, 0.15) is 230 Å². The van der Waals surface area contributed by atoms with Crippen molar-refractivity contribution in [2.75, 3.05) is 13.1 Å². The molecule has 0 bridgehead atoms. The lowest BCUT2D eigenvalue weighted by atomic mass is 10.0. The maximum Gasteiger partial charge on any atom is 0.150 e. The molecule has 45 heavy (non-hydrogen) atoms. The van der Waals surface area contributed by atoms with Crippen LogP contribution in [0.15, 0.2) is 30.3 Å². The SMILES string of the molecule is CCCCCCCCCCCCCCCCCCNCCCCCCCCCCCCCCCCCC.O=Cc1ccccc1. The fourth-order valence-corrected chi connectivity index (χ4v) is 6.25. The zero-order valence-electron chi connectivity index (χ0n) is 30.9. The van der Waals surface area contributed by atoms with E-state index in [-0.39, 0.29) is 0 Å². The van der Waals surface area contributed by atoms with Crippen LogP contribution in [-0.4, -0.2) is 19.4 Å². The van der Waals surface area contributed by atoms with Crippen LogP contribution < -0.4 is 5.32 Å². The molecule has 0 spiro atoms. The number of nitrogens with one attached hydrogen (secondary N) is 1. The highest BCUT2D eigenvalue weighted by molar-refractivity contribution is 5.74. The average Bonchev–Trinajstić information content (AvgIpc) is 3.07. The van der Waals surface area contributed by atoms with Gasteiger partial charge in [-0.2, -0.15) is 0 Å². The molecule has 0 aliphatic heterocycles. The fraction of sp³-hybridized carbons (Fsp3) is 0.837. The zero-order valence-corrected chi connectivity index (χ0v) is 30.9. The molecular formula is C43H81NO. The van der Waals surface area contributed by atoms with Crippen LogP contribution in [0.25, 0.3) is 0 Å². The van der Waals surface area contributed by atoms with Crippen LogP contribution in [-0.2, 0) is 0 Å². The van der Waals surface area contributed by atoms with Gasteiger partial charge in [0.2, 0.25) is 0 Å². The van der Waals surface area contributed by atoms with E-state index in [1.54, 1.807) is 12.1 Å². The van der Waals surface area contributed by atoms with E-state index in [0.717, 1.165) is 11.8 Å². The number of benzene rings is 1. The topological polar surface area (TPSA) is 29.1 Å². The van der Waals surface area contributed by atoms with Crippen molar-refractivity contribution in [3.8, 4) is 0 Å². The Bertz CT molecular complexity index is 611. The summed E-state index contributed by atoms with van der Waals surface area (Å²) in [6, 6.07) is 9.10. The molecule has 2 heteroatoms. The molecule has 0 fully saturated rings. The summed E-state index contributed by atoms with van der Waals surface area (Å²) < 4.78 is 0. The maximum atomic E-state index is 10.0. The van der Waals surface area contributed by atoms with Gasteiger partial charge in [0, 0.05) is 5.56 Å². The molecular weight excluding hydrogens is 546 g/mol. The maximum absolute atomic E-state index is 10.0. The smallest absolute Gasteiger partial charge is 0.150 e. The summed E-state index contributed by atoms with van der Waals surface area (Å²) in [4.78, 5) is 10.0. The van der Waals surface area contributed by atoms with Crippen LogP contribution in [0.3, 0.4) is 0 Å². The van der Waals surface area contributed by atoms with Crippen LogP contribution in [0.5, 0.6) is 0 Å². The van der Waals surface area contributed by atoms with Crippen LogP contribution >= 0.6 is 0 Å². The summed E-state index contributed by atoms with van der Waals surface area (Å²) in [5.74, 6) is 0. The largest absolute Gasteiger partial charge is 0.317 e. The van der Waals surface area contributed by atoms with E-state index in [1.807, 2.05) is 18.2 Å². The van der Waals surface area contributed by atoms with E-state index in [4.69, 9.17) is 0 Å². The first kappa shape index (κ1) is 43.9. The number of unbranched alkanes of at least 4 members (excludes halogenated alkanes) is 30. The van der Waals surface area contributed by atoms with Crippen LogP contribution in [0.4, 0.5) is 0 Å². The fourth-order valence-electron chi connectivity index (χ4n) is 6.25. The van der Waals surface area contributed by atoms with E-state index < -0.39 is 0 Å². The van der Waals surface area contributed by atoms with Crippen molar-refractivity contribution < 1.29 is 4.79 Å². The molecule has 0 saturated heterocycles. The molecule has 0 aliphatic rings. The minimum Gasteiger partial charge on any atom is -0.317 e. The van der Waals surface area contributed by atoms with E-state index in [2.05, 4.69) is 19.2 Å². The average molecular weight is 628 g/mol. The summed E-state index contributed by atoms with van der Waals surface area (Å²) in [6.45, 7) is 7.11. The van der Waals surface area contributed by atoms with E-state index in [0.29, 0.717) is 0 Å². The molecule has 0 radical (unpaired) electrons. The van der Waals surface area contributed by atoms with Gasteiger partial charge in [-0.15, -0.1) is 0 Å². The number of hydrogen-bond acceptors (Lipinski definition) is 2. The number of hydrogen-bond donors (Lipinski definition) is 1. The van der Waals surface area contributed by atoms with Gasteiger partial charge in [0.25, 0.3) is 0 Å². The Morgan fingerprint density at radius 1 is 0.378 bits per heavy atom. The van der Waals surface area contributed by atoms with E-state index in [9.17, 15) is 4.79 Å². The molecule has 1 rings (SSSR count). The van der Waals surface area contributed by atoms with Crippen LogP contribution in [0.2, 0.25) is 0 Å². The first-order valence-electron chi connectivity index (χ1n) is 20.6. The summed E-state index contributed by atoms with van der Waals surface area (Å²) in [6.07, 6.45) is 47.5. The molecule has 1 aromatic carbocycles. The Morgan fingerprint density at radius 2 is 0.622 bits per heavy atom. The molecule has 0 heterocycles. The number of aldehydes is 1. The molecule has 2 nitrogen and oxygen atoms in total. The van der Waals surface area contributed by atoms with Crippen molar-refractivity contribution in [1.82, 2.24) is 5.32 Å². The van der Waals surface area contributed by atoms with Crippen LogP contribution in [0, 0.1) is 0 Å². The van der Waals surface area contributed by atoms with Gasteiger partial charge in [-0.25, -0.2) is 0 Å². The lowest BCUT2D eigenvalue weighted by Crippen LogP contribution is -2.16. The lowest BCUT2D eigenvalue weighted by molar-refractivity contribution is 0.112. The van der Waals surface area contributed by atoms with Crippen molar-refractivity contribution in [2.45, 2.75) is 219 Å². The van der Waals surface area contributed by atoms with Gasteiger partial charge in [0.05, 0.1) is 0 Å². The molecule has 1 aromatic rings. The Kier molecular flexibility index (Phi) is 39.8. The Labute approximate surface area is 284 Å². The predicted octanol–water partition coefficient (Wildman–Crippen LogP) is 14.6. The standard InChI is InChI=1S/C36H75N.C7H6O/c1-3-5-7-9-11-13-15-17-19-21-23-25-27-29-31-33-35-37-36-34-32-30-28-26-24-22-20-18-16-14-12-10-8-6-4-2;8-6-7-4-2-1-3-5-7/h37H,3-36H2,1-2H3;1-6H. The van der Waals surface area contributed by atoms with Gasteiger partial charge in [0.15, 0.2) is 0 Å². The molecule has 0 aromatic heterocycles. The minimum absolute atomic E-state index is 0.729. The minimum atomic E-state index is 0.729. The van der Waals surface area contributed by atoms with Gasteiger partial charge in [-0.1, -0.05) is 237 Å². The highest BCUT2D eigenvalue weighted by Crippen LogP contribution is 2.15. The summed E-state index contributed by atoms with van der Waals surface area (Å²) in [7, 11) is 0. The summed E-state index contributed by atoms with van der Waals surface area (Å²) >= 11 is 0. The zero-order chi connectivity index (χ0) is 32.6. The first-order chi connectivity index (χ1) is 22.3. The van der Waals surface area contributed by atoms with Gasteiger partial charge < -0.3 is 5.32 Å². The highest BCUT2D eigenvalue weighted by Gasteiger charge is 1.97. The van der Waals surface area contributed by atoms with Gasteiger partial charge in [-0.05, 0) is 25.9 Å². The first-order valence-corrected chi connectivity index (χ1v) is 20.6. The van der Waals surface area contributed by atoms with Gasteiger partial charge in [0.1, 0.15) is 6.29 Å².